The zero-order valence-corrected chi connectivity index (χ0v) is 20.8. The summed E-state index contributed by atoms with van der Waals surface area (Å²) >= 11 is 0. The molecule has 0 aliphatic carbocycles. The van der Waals surface area contributed by atoms with Crippen molar-refractivity contribution >= 4 is 40.4 Å². The lowest BCUT2D eigenvalue weighted by atomic mass is 10.2. The summed E-state index contributed by atoms with van der Waals surface area (Å²) in [4.78, 5) is 50.7. The molecule has 3 N–H and O–H groups in total. The van der Waals surface area contributed by atoms with Crippen LogP contribution in [-0.4, -0.2) is 73.9 Å². The monoisotopic (exact) mass is 517 g/mol. The molecule has 3 amide bonds. The number of rotatable bonds is 5. The summed E-state index contributed by atoms with van der Waals surface area (Å²) in [5.41, 5.74) is 7.68. The van der Waals surface area contributed by atoms with Crippen LogP contribution in [0.3, 0.4) is 0 Å². The second-order valence-electron chi connectivity index (χ2n) is 8.92. The Morgan fingerprint density at radius 2 is 1.97 bits per heavy atom. The van der Waals surface area contributed by atoms with Gasteiger partial charge in [-0.25, -0.2) is 14.8 Å². The van der Waals surface area contributed by atoms with Crippen LogP contribution in [0.4, 0.5) is 16.3 Å². The van der Waals surface area contributed by atoms with Crippen LogP contribution in [0.1, 0.15) is 28.9 Å². The first-order valence-corrected chi connectivity index (χ1v) is 12.1. The van der Waals surface area contributed by atoms with Crippen molar-refractivity contribution < 1.29 is 19.1 Å². The van der Waals surface area contributed by atoms with Crippen molar-refractivity contribution in [1.82, 2.24) is 29.7 Å². The Balaban J connectivity index is 1.39. The average Bonchev–Trinajstić information content (AvgIpc) is 3.59. The number of benzene rings is 1. The number of fused-ring (bicyclic) bond motifs is 1. The molecule has 1 saturated heterocycles. The highest BCUT2D eigenvalue weighted by Crippen LogP contribution is 2.26. The van der Waals surface area contributed by atoms with E-state index in [1.165, 1.54) is 22.1 Å². The maximum absolute atomic E-state index is 13.4. The number of anilines is 2. The quantitative estimate of drug-likeness (QED) is 0.484. The van der Waals surface area contributed by atoms with Crippen LogP contribution in [-0.2, 0) is 4.79 Å². The highest BCUT2D eigenvalue weighted by atomic mass is 16.6. The first kappa shape index (κ1) is 24.7. The molecule has 0 saturated carbocycles. The maximum Gasteiger partial charge on any atom is 0.415 e. The molecule has 1 fully saturated rings. The lowest BCUT2D eigenvalue weighted by Crippen LogP contribution is -2.47. The molecule has 2 aliphatic rings. The highest BCUT2D eigenvalue weighted by molar-refractivity contribution is 6.13. The maximum atomic E-state index is 13.4. The number of hydrogen-bond acceptors (Lipinski definition) is 9. The van der Waals surface area contributed by atoms with Gasteiger partial charge >= 0.3 is 6.09 Å². The minimum atomic E-state index is -0.522. The van der Waals surface area contributed by atoms with E-state index in [-0.39, 0.29) is 35.6 Å². The van der Waals surface area contributed by atoms with E-state index in [1.807, 2.05) is 0 Å². The van der Waals surface area contributed by atoms with Crippen molar-refractivity contribution in [2.24, 2.45) is 0 Å². The Bertz CT molecular complexity index is 1460. The molecular weight excluding hydrogens is 490 g/mol. The molecular formula is C25H27N9O4. The molecule has 5 rings (SSSR count). The number of nitrogens with one attached hydrogen (secondary N) is 1. The van der Waals surface area contributed by atoms with Crippen molar-refractivity contribution in [3.8, 4) is 5.75 Å². The molecule has 4 heterocycles. The van der Waals surface area contributed by atoms with Gasteiger partial charge in [0.2, 0.25) is 0 Å². The average molecular weight is 518 g/mol. The van der Waals surface area contributed by atoms with E-state index in [0.29, 0.717) is 42.3 Å². The van der Waals surface area contributed by atoms with Crippen molar-refractivity contribution in [3.63, 3.8) is 0 Å². The highest BCUT2D eigenvalue weighted by Gasteiger charge is 2.26. The molecule has 3 aromatic rings. The lowest BCUT2D eigenvalue weighted by Gasteiger charge is -2.31. The van der Waals surface area contributed by atoms with Crippen LogP contribution in [0, 0.1) is 6.92 Å². The Morgan fingerprint density at radius 3 is 2.71 bits per heavy atom. The predicted octanol–water partition coefficient (Wildman–Crippen LogP) is 2.00. The molecule has 0 radical (unpaired) electrons. The van der Waals surface area contributed by atoms with Gasteiger partial charge in [-0.1, -0.05) is 6.58 Å². The largest absolute Gasteiger partial charge is 0.415 e. The minimum Gasteiger partial charge on any atom is -0.410 e. The summed E-state index contributed by atoms with van der Waals surface area (Å²) in [6, 6.07) is 4.96. The second-order valence-corrected chi connectivity index (χ2v) is 8.92. The third kappa shape index (κ3) is 4.73. The van der Waals surface area contributed by atoms with Gasteiger partial charge in [0.15, 0.2) is 11.3 Å². The number of aryl methyl sites for hydroxylation is 1. The van der Waals surface area contributed by atoms with Crippen LogP contribution in [0.5, 0.6) is 5.75 Å². The molecule has 0 spiro atoms. The molecule has 0 unspecified atom stereocenters. The Labute approximate surface area is 218 Å². The SMILES string of the molecule is C=CC(=O)N1C=CCN(n2nc(C(=O)Nc3ccc(OC(=O)N4CCCC4)cc3C)c3c(N)ncnc32)C1. The fourth-order valence-electron chi connectivity index (χ4n) is 4.38. The first-order valence-electron chi connectivity index (χ1n) is 12.1. The molecule has 0 bridgehead atoms. The van der Waals surface area contributed by atoms with Crippen molar-refractivity contribution in [3.05, 3.63) is 60.7 Å². The van der Waals surface area contributed by atoms with Gasteiger partial charge in [0.25, 0.3) is 11.8 Å². The minimum absolute atomic E-state index is 0.0261. The number of ether oxygens (including phenoxy) is 1. The Morgan fingerprint density at radius 1 is 1.18 bits per heavy atom. The van der Waals surface area contributed by atoms with E-state index >= 15 is 0 Å². The van der Waals surface area contributed by atoms with Gasteiger partial charge in [-0.05, 0) is 55.7 Å². The number of amides is 3. The number of hydrogen-bond donors (Lipinski definition) is 2. The van der Waals surface area contributed by atoms with E-state index in [1.54, 1.807) is 47.3 Å². The number of carbonyl (C=O) groups is 3. The zero-order valence-electron chi connectivity index (χ0n) is 20.8. The number of carbonyl (C=O) groups excluding carboxylic acids is 3. The fraction of sp³-hybridized carbons (Fsp3) is 0.280. The van der Waals surface area contributed by atoms with Gasteiger partial charge in [0, 0.05) is 25.0 Å². The van der Waals surface area contributed by atoms with Gasteiger partial charge < -0.3 is 20.7 Å². The second kappa shape index (κ2) is 10.2. The molecule has 1 aromatic carbocycles. The zero-order chi connectivity index (χ0) is 26.8. The summed E-state index contributed by atoms with van der Waals surface area (Å²) in [6.07, 6.45) is 7.51. The summed E-state index contributed by atoms with van der Waals surface area (Å²) in [5, 5.41) is 9.35. The Hall–Kier alpha value is -4.94. The van der Waals surface area contributed by atoms with Gasteiger partial charge in [0.1, 0.15) is 24.6 Å². The van der Waals surface area contributed by atoms with E-state index in [2.05, 4.69) is 27.0 Å². The third-order valence-electron chi connectivity index (χ3n) is 6.35. The van der Waals surface area contributed by atoms with E-state index in [4.69, 9.17) is 10.5 Å². The summed E-state index contributed by atoms with van der Waals surface area (Å²) in [5.74, 6) is -0.313. The number of likely N-dealkylation sites (tertiary alicyclic amines) is 1. The molecule has 13 heteroatoms. The number of nitrogen functional groups attached to an aromatic ring is 1. The van der Waals surface area contributed by atoms with Gasteiger partial charge in [-0.15, -0.1) is 5.10 Å². The number of nitrogens with two attached hydrogens (primary N) is 1. The predicted molar refractivity (Wildman–Crippen MR) is 140 cm³/mol. The standard InChI is InChI=1S/C25H27N9O4/c1-3-19(35)32-11-6-12-33(15-32)34-23-20(22(26)27-14-28-23)21(30-34)24(36)29-18-8-7-17(13-16(18)2)38-25(37)31-9-4-5-10-31/h3,6-8,11,13-14H,1,4-5,9-10,12,15H2,2H3,(H,29,36)(H2,26,27,28). The van der Waals surface area contributed by atoms with Crippen molar-refractivity contribution in [1.29, 1.82) is 0 Å². The van der Waals surface area contributed by atoms with Crippen molar-refractivity contribution in [2.75, 3.05) is 42.4 Å². The summed E-state index contributed by atoms with van der Waals surface area (Å²) in [6.45, 7) is 7.28. The topological polar surface area (TPSA) is 152 Å². The van der Waals surface area contributed by atoms with E-state index in [9.17, 15) is 14.4 Å². The number of nitrogens with zero attached hydrogens (tertiary/aromatic N) is 7. The van der Waals surface area contributed by atoms with Crippen LogP contribution in [0.25, 0.3) is 11.0 Å². The summed E-state index contributed by atoms with van der Waals surface area (Å²) < 4.78 is 5.48. The van der Waals surface area contributed by atoms with Gasteiger partial charge in [-0.3, -0.25) is 19.5 Å². The molecule has 13 nitrogen and oxygen atoms in total. The molecule has 0 atom stereocenters. The van der Waals surface area contributed by atoms with E-state index < -0.39 is 5.91 Å². The molecule has 2 aromatic heterocycles. The van der Waals surface area contributed by atoms with Crippen molar-refractivity contribution in [2.45, 2.75) is 19.8 Å². The van der Waals surface area contributed by atoms with Gasteiger partial charge in [0.05, 0.1) is 11.9 Å². The van der Waals surface area contributed by atoms with Gasteiger partial charge in [-0.2, -0.15) is 4.79 Å². The van der Waals surface area contributed by atoms with Crippen LogP contribution in [0.2, 0.25) is 0 Å². The number of aromatic nitrogens is 4. The first-order chi connectivity index (χ1) is 18.4. The smallest absolute Gasteiger partial charge is 0.410 e. The molecule has 196 valence electrons. The van der Waals surface area contributed by atoms with E-state index in [0.717, 1.165) is 12.8 Å². The van der Waals surface area contributed by atoms with Crippen LogP contribution in [0.15, 0.2) is 49.5 Å². The summed E-state index contributed by atoms with van der Waals surface area (Å²) in [7, 11) is 0. The van der Waals surface area contributed by atoms with Crippen LogP contribution >= 0.6 is 0 Å². The third-order valence-corrected chi connectivity index (χ3v) is 6.35. The fourth-order valence-corrected chi connectivity index (χ4v) is 4.38. The molecule has 2 aliphatic heterocycles. The Kier molecular flexibility index (Phi) is 6.64. The normalized spacial score (nSPS) is 15.1. The van der Waals surface area contributed by atoms with Crippen LogP contribution < -0.4 is 20.8 Å². The molecule has 38 heavy (non-hydrogen) atoms. The lowest BCUT2D eigenvalue weighted by molar-refractivity contribution is -0.123.